The van der Waals surface area contributed by atoms with Crippen LogP contribution in [-0.2, 0) is 0 Å². The van der Waals surface area contributed by atoms with Crippen LogP contribution in [0.5, 0.6) is 11.5 Å². The van der Waals surface area contributed by atoms with Crippen molar-refractivity contribution in [2.24, 2.45) is 0 Å². The van der Waals surface area contributed by atoms with Gasteiger partial charge in [-0.1, -0.05) is 0 Å². The maximum Gasteiger partial charge on any atom is 0.573 e. The highest BCUT2D eigenvalue weighted by atomic mass is 19.4. The summed E-state index contributed by atoms with van der Waals surface area (Å²) in [6, 6.07) is 13.2. The number of halogens is 3. The lowest BCUT2D eigenvalue weighted by molar-refractivity contribution is -0.274. The number of H-pyrrole nitrogens is 1. The van der Waals surface area contributed by atoms with Gasteiger partial charge in [0, 0.05) is 16.6 Å². The van der Waals surface area contributed by atoms with Crippen LogP contribution in [0.25, 0.3) is 22.2 Å². The van der Waals surface area contributed by atoms with Crippen molar-refractivity contribution in [3.8, 4) is 22.8 Å². The number of hydrogen-bond acceptors (Lipinski definition) is 2. The first-order valence-corrected chi connectivity index (χ1v) is 6.47. The summed E-state index contributed by atoms with van der Waals surface area (Å²) in [4.78, 5) is 3.21. The average Bonchev–Trinajstić information content (AvgIpc) is 2.89. The van der Waals surface area contributed by atoms with Gasteiger partial charge in [-0.2, -0.15) is 0 Å². The van der Waals surface area contributed by atoms with Gasteiger partial charge in [-0.25, -0.2) is 0 Å². The summed E-state index contributed by atoms with van der Waals surface area (Å²) < 4.78 is 45.4. The summed E-state index contributed by atoms with van der Waals surface area (Å²) >= 11 is 0. The Morgan fingerprint density at radius 2 is 1.59 bits per heavy atom. The molecule has 0 spiro atoms. The summed E-state index contributed by atoms with van der Waals surface area (Å²) in [7, 11) is 1.59. The number of rotatable bonds is 3. The molecule has 0 amide bonds. The monoisotopic (exact) mass is 307 g/mol. The van der Waals surface area contributed by atoms with Crippen molar-refractivity contribution >= 4 is 10.9 Å². The van der Waals surface area contributed by atoms with Crippen LogP contribution < -0.4 is 9.47 Å². The Balaban J connectivity index is 1.90. The smallest absolute Gasteiger partial charge is 0.497 e. The zero-order chi connectivity index (χ0) is 15.7. The van der Waals surface area contributed by atoms with Gasteiger partial charge in [0.15, 0.2) is 0 Å². The fourth-order valence-corrected chi connectivity index (χ4v) is 2.23. The fraction of sp³-hybridized carbons (Fsp3) is 0.125. The molecule has 114 valence electrons. The minimum atomic E-state index is -4.68. The predicted octanol–water partition coefficient (Wildman–Crippen LogP) is 4.74. The van der Waals surface area contributed by atoms with E-state index in [2.05, 4.69) is 9.72 Å². The molecule has 0 saturated carbocycles. The zero-order valence-corrected chi connectivity index (χ0v) is 11.6. The second-order valence-corrected chi connectivity index (χ2v) is 4.71. The van der Waals surface area contributed by atoms with Gasteiger partial charge in [0.25, 0.3) is 0 Å². The van der Waals surface area contributed by atoms with Crippen molar-refractivity contribution < 1.29 is 22.6 Å². The topological polar surface area (TPSA) is 34.2 Å². The number of aromatic nitrogens is 1. The van der Waals surface area contributed by atoms with Crippen LogP contribution in [0.15, 0.2) is 48.5 Å². The van der Waals surface area contributed by atoms with Gasteiger partial charge in [-0.15, -0.1) is 13.2 Å². The molecule has 0 saturated heterocycles. The van der Waals surface area contributed by atoms with Crippen LogP contribution in [-0.4, -0.2) is 18.5 Å². The van der Waals surface area contributed by atoms with E-state index in [1.54, 1.807) is 19.2 Å². The second-order valence-electron chi connectivity index (χ2n) is 4.71. The van der Waals surface area contributed by atoms with E-state index in [0.717, 1.165) is 27.9 Å². The van der Waals surface area contributed by atoms with Gasteiger partial charge in [-0.3, -0.25) is 0 Å². The molecule has 6 heteroatoms. The highest BCUT2D eigenvalue weighted by molar-refractivity contribution is 5.87. The molecule has 0 aliphatic carbocycles. The third-order valence-electron chi connectivity index (χ3n) is 3.23. The molecule has 1 aromatic heterocycles. The molecule has 0 aliphatic rings. The van der Waals surface area contributed by atoms with Crippen LogP contribution in [0.3, 0.4) is 0 Å². The summed E-state index contributed by atoms with van der Waals surface area (Å²) in [5.74, 6) is 0.501. The number of ether oxygens (including phenoxy) is 2. The molecule has 0 fully saturated rings. The summed E-state index contributed by atoms with van der Waals surface area (Å²) in [6.07, 6.45) is -4.68. The Morgan fingerprint density at radius 3 is 2.23 bits per heavy atom. The second kappa shape index (κ2) is 5.29. The number of benzene rings is 2. The van der Waals surface area contributed by atoms with Gasteiger partial charge >= 0.3 is 6.36 Å². The predicted molar refractivity (Wildman–Crippen MR) is 77.0 cm³/mol. The largest absolute Gasteiger partial charge is 0.573 e. The van der Waals surface area contributed by atoms with Gasteiger partial charge in [0.2, 0.25) is 0 Å². The minimum absolute atomic E-state index is 0.242. The fourth-order valence-electron chi connectivity index (χ4n) is 2.23. The molecular weight excluding hydrogens is 295 g/mol. The Morgan fingerprint density at radius 1 is 0.909 bits per heavy atom. The molecule has 2 aromatic carbocycles. The first-order valence-electron chi connectivity index (χ1n) is 6.47. The summed E-state index contributed by atoms with van der Waals surface area (Å²) in [5.41, 5.74) is 2.50. The molecule has 0 aliphatic heterocycles. The maximum absolute atomic E-state index is 12.1. The van der Waals surface area contributed by atoms with E-state index in [1.165, 1.54) is 12.1 Å². The summed E-state index contributed by atoms with van der Waals surface area (Å²) in [5, 5.41) is 0.963. The number of methoxy groups -OCH3 is 1. The van der Waals surface area contributed by atoms with Crippen molar-refractivity contribution in [3.63, 3.8) is 0 Å². The molecule has 3 rings (SSSR count). The molecule has 22 heavy (non-hydrogen) atoms. The van der Waals surface area contributed by atoms with Crippen molar-refractivity contribution in [2.45, 2.75) is 6.36 Å². The molecule has 0 atom stereocenters. The highest BCUT2D eigenvalue weighted by Gasteiger charge is 2.30. The molecule has 0 bridgehead atoms. The quantitative estimate of drug-likeness (QED) is 0.758. The van der Waals surface area contributed by atoms with E-state index in [4.69, 9.17) is 4.74 Å². The van der Waals surface area contributed by atoms with Crippen molar-refractivity contribution in [1.29, 1.82) is 0 Å². The lowest BCUT2D eigenvalue weighted by atomic mass is 10.1. The van der Waals surface area contributed by atoms with Crippen molar-refractivity contribution in [3.05, 3.63) is 48.5 Å². The number of alkyl halides is 3. The first-order chi connectivity index (χ1) is 10.4. The van der Waals surface area contributed by atoms with E-state index in [0.29, 0.717) is 0 Å². The number of hydrogen-bond donors (Lipinski definition) is 1. The van der Waals surface area contributed by atoms with Crippen molar-refractivity contribution in [1.82, 2.24) is 4.98 Å². The van der Waals surface area contributed by atoms with Gasteiger partial charge < -0.3 is 14.5 Å². The Hall–Kier alpha value is -2.63. The molecule has 3 nitrogen and oxygen atoms in total. The van der Waals surface area contributed by atoms with E-state index in [9.17, 15) is 13.2 Å². The third kappa shape index (κ3) is 3.00. The molecule has 0 radical (unpaired) electrons. The lowest BCUT2D eigenvalue weighted by Gasteiger charge is -2.08. The van der Waals surface area contributed by atoms with Gasteiger partial charge in [0.1, 0.15) is 11.5 Å². The van der Waals surface area contributed by atoms with Crippen LogP contribution in [0.4, 0.5) is 13.2 Å². The van der Waals surface area contributed by atoms with E-state index < -0.39 is 6.36 Å². The molecule has 3 aromatic rings. The maximum atomic E-state index is 12.1. The Kier molecular flexibility index (Phi) is 3.44. The van der Waals surface area contributed by atoms with E-state index in [1.807, 2.05) is 24.3 Å². The minimum Gasteiger partial charge on any atom is -0.497 e. The van der Waals surface area contributed by atoms with Crippen LogP contribution in [0.1, 0.15) is 0 Å². The number of nitrogens with one attached hydrogen (secondary N) is 1. The first kappa shape index (κ1) is 14.3. The molecule has 0 unspecified atom stereocenters. The standard InChI is InChI=1S/C16H12F3NO2/c1-21-13-6-7-14-11(8-13)9-15(20-14)10-2-4-12(5-3-10)22-16(17,18)19/h2-9,20H,1H3. The van der Waals surface area contributed by atoms with E-state index in [-0.39, 0.29) is 5.75 Å². The Bertz CT molecular complexity index is 791. The van der Waals surface area contributed by atoms with Crippen LogP contribution in [0.2, 0.25) is 0 Å². The highest BCUT2D eigenvalue weighted by Crippen LogP contribution is 2.29. The van der Waals surface area contributed by atoms with Crippen LogP contribution in [0, 0.1) is 0 Å². The number of fused-ring (bicyclic) bond motifs is 1. The number of aromatic amines is 1. The van der Waals surface area contributed by atoms with Crippen LogP contribution >= 0.6 is 0 Å². The molecule has 1 heterocycles. The molecule has 1 N–H and O–H groups in total. The third-order valence-corrected chi connectivity index (χ3v) is 3.23. The van der Waals surface area contributed by atoms with E-state index >= 15 is 0 Å². The lowest BCUT2D eigenvalue weighted by Crippen LogP contribution is -2.16. The Labute approximate surface area is 124 Å². The van der Waals surface area contributed by atoms with Gasteiger partial charge in [-0.05, 0) is 54.1 Å². The summed E-state index contributed by atoms with van der Waals surface area (Å²) in [6.45, 7) is 0. The molecular formula is C16H12F3NO2. The van der Waals surface area contributed by atoms with Crippen molar-refractivity contribution in [2.75, 3.05) is 7.11 Å². The zero-order valence-electron chi connectivity index (χ0n) is 11.6. The van der Waals surface area contributed by atoms with Gasteiger partial charge in [0.05, 0.1) is 7.11 Å². The average molecular weight is 307 g/mol. The SMILES string of the molecule is COc1ccc2[nH]c(-c3ccc(OC(F)(F)F)cc3)cc2c1. The normalized spacial score (nSPS) is 11.6.